The van der Waals surface area contributed by atoms with Gasteiger partial charge in [-0.15, -0.1) is 0 Å². The van der Waals surface area contributed by atoms with Crippen molar-refractivity contribution in [3.63, 3.8) is 0 Å². The molecule has 23 heavy (non-hydrogen) atoms. The molecule has 1 amide bonds. The summed E-state index contributed by atoms with van der Waals surface area (Å²) in [6, 6.07) is 16.0. The lowest BCUT2D eigenvalue weighted by Crippen LogP contribution is -2.13. The number of rotatable bonds is 5. The molecule has 0 unspecified atom stereocenters. The second kappa shape index (κ2) is 7.66. The Hall–Kier alpha value is -3.26. The van der Waals surface area contributed by atoms with E-state index in [9.17, 15) is 10.1 Å². The Labute approximate surface area is 134 Å². The van der Waals surface area contributed by atoms with Gasteiger partial charge in [0.2, 0.25) is 0 Å². The van der Waals surface area contributed by atoms with Gasteiger partial charge in [0.05, 0.1) is 14.2 Å². The van der Waals surface area contributed by atoms with Crippen molar-refractivity contribution in [3.05, 3.63) is 59.7 Å². The average Bonchev–Trinajstić information content (AvgIpc) is 2.60. The van der Waals surface area contributed by atoms with Gasteiger partial charge >= 0.3 is 0 Å². The third-order valence-electron chi connectivity index (χ3n) is 3.13. The predicted octanol–water partition coefficient (Wildman–Crippen LogP) is 3.25. The third kappa shape index (κ3) is 4.11. The van der Waals surface area contributed by atoms with Crippen molar-refractivity contribution in [1.82, 2.24) is 0 Å². The molecule has 0 aliphatic carbocycles. The van der Waals surface area contributed by atoms with E-state index in [0.29, 0.717) is 22.7 Å². The topological polar surface area (TPSA) is 71.3 Å². The lowest BCUT2D eigenvalue weighted by molar-refractivity contribution is -0.112. The van der Waals surface area contributed by atoms with Gasteiger partial charge in [-0.25, -0.2) is 0 Å². The van der Waals surface area contributed by atoms with Gasteiger partial charge in [0.15, 0.2) is 0 Å². The van der Waals surface area contributed by atoms with Gasteiger partial charge in [0, 0.05) is 17.3 Å². The fraction of sp³-hybridized carbons (Fsp3) is 0.111. The van der Waals surface area contributed by atoms with Crippen LogP contribution in [0, 0.1) is 11.3 Å². The molecule has 0 heterocycles. The van der Waals surface area contributed by atoms with E-state index in [1.165, 1.54) is 13.2 Å². The van der Waals surface area contributed by atoms with E-state index in [1.54, 1.807) is 43.5 Å². The number of benzene rings is 2. The normalized spacial score (nSPS) is 10.6. The summed E-state index contributed by atoms with van der Waals surface area (Å²) in [5, 5.41) is 11.9. The molecular weight excluding hydrogens is 292 g/mol. The van der Waals surface area contributed by atoms with Crippen molar-refractivity contribution >= 4 is 17.7 Å². The second-order valence-electron chi connectivity index (χ2n) is 4.60. The number of hydrogen-bond acceptors (Lipinski definition) is 4. The van der Waals surface area contributed by atoms with Crippen LogP contribution in [0.25, 0.3) is 6.08 Å². The minimum absolute atomic E-state index is 0.0164. The highest BCUT2D eigenvalue weighted by Crippen LogP contribution is 2.21. The summed E-state index contributed by atoms with van der Waals surface area (Å²) >= 11 is 0. The number of nitrogens with one attached hydrogen (secondary N) is 1. The zero-order chi connectivity index (χ0) is 16.7. The van der Waals surface area contributed by atoms with Crippen LogP contribution < -0.4 is 14.8 Å². The van der Waals surface area contributed by atoms with Crippen LogP contribution in [0.15, 0.2) is 54.1 Å². The first-order valence-corrected chi connectivity index (χ1v) is 6.88. The number of carbonyl (C=O) groups is 1. The van der Waals surface area contributed by atoms with Gasteiger partial charge in [-0.1, -0.05) is 24.3 Å². The summed E-state index contributed by atoms with van der Waals surface area (Å²) in [7, 11) is 3.08. The van der Waals surface area contributed by atoms with Crippen molar-refractivity contribution in [2.24, 2.45) is 0 Å². The zero-order valence-corrected chi connectivity index (χ0v) is 12.9. The van der Waals surface area contributed by atoms with E-state index >= 15 is 0 Å². The van der Waals surface area contributed by atoms with Gasteiger partial charge in [-0.2, -0.15) is 5.26 Å². The monoisotopic (exact) mass is 308 g/mol. The van der Waals surface area contributed by atoms with Crippen LogP contribution in [-0.2, 0) is 4.79 Å². The maximum Gasteiger partial charge on any atom is 0.266 e. The molecule has 2 aromatic rings. The maximum atomic E-state index is 12.3. The van der Waals surface area contributed by atoms with Crippen LogP contribution in [0.1, 0.15) is 5.56 Å². The number of nitriles is 1. The summed E-state index contributed by atoms with van der Waals surface area (Å²) in [5.41, 5.74) is 1.19. The number of amides is 1. The SMILES string of the molecule is COc1cccc(NC(=O)/C(C#N)=C/c2ccccc2OC)c1. The Morgan fingerprint density at radius 2 is 1.91 bits per heavy atom. The molecule has 116 valence electrons. The Morgan fingerprint density at radius 3 is 2.61 bits per heavy atom. The van der Waals surface area contributed by atoms with E-state index in [1.807, 2.05) is 18.2 Å². The van der Waals surface area contributed by atoms with E-state index in [-0.39, 0.29) is 5.57 Å². The van der Waals surface area contributed by atoms with Gasteiger partial charge in [-0.3, -0.25) is 4.79 Å². The number of ether oxygens (including phenoxy) is 2. The molecule has 0 fully saturated rings. The van der Waals surface area contributed by atoms with Crippen LogP contribution in [0.4, 0.5) is 5.69 Å². The predicted molar refractivity (Wildman–Crippen MR) is 88.2 cm³/mol. The number of nitrogens with zero attached hydrogens (tertiary/aromatic N) is 1. The molecule has 2 rings (SSSR count). The summed E-state index contributed by atoms with van der Waals surface area (Å²) < 4.78 is 10.3. The van der Waals surface area contributed by atoms with Crippen molar-refractivity contribution in [3.8, 4) is 17.6 Å². The van der Waals surface area contributed by atoms with E-state index in [2.05, 4.69) is 5.32 Å². The van der Waals surface area contributed by atoms with Crippen LogP contribution in [-0.4, -0.2) is 20.1 Å². The molecule has 5 heteroatoms. The molecule has 0 saturated carbocycles. The van der Waals surface area contributed by atoms with Crippen molar-refractivity contribution in [2.45, 2.75) is 0 Å². The number of hydrogen-bond donors (Lipinski definition) is 1. The van der Waals surface area contributed by atoms with Gasteiger partial charge in [0.25, 0.3) is 5.91 Å². The smallest absolute Gasteiger partial charge is 0.266 e. The molecule has 0 radical (unpaired) electrons. The van der Waals surface area contributed by atoms with E-state index in [0.717, 1.165) is 0 Å². The zero-order valence-electron chi connectivity index (χ0n) is 12.9. The van der Waals surface area contributed by atoms with Crippen LogP contribution in [0.2, 0.25) is 0 Å². The minimum Gasteiger partial charge on any atom is -0.497 e. The molecule has 0 spiro atoms. The molecule has 1 N–H and O–H groups in total. The maximum absolute atomic E-state index is 12.3. The molecule has 0 aliphatic heterocycles. The van der Waals surface area contributed by atoms with Crippen LogP contribution in [0.5, 0.6) is 11.5 Å². The number of methoxy groups -OCH3 is 2. The Balaban J connectivity index is 2.25. The van der Waals surface area contributed by atoms with Gasteiger partial charge in [0.1, 0.15) is 23.1 Å². The molecule has 0 aliphatic rings. The van der Waals surface area contributed by atoms with Crippen molar-refractivity contribution in [1.29, 1.82) is 5.26 Å². The Bertz CT molecular complexity index is 776. The fourth-order valence-corrected chi connectivity index (χ4v) is 1.99. The first kappa shape index (κ1) is 16.1. The molecule has 2 aromatic carbocycles. The average molecular weight is 308 g/mol. The van der Waals surface area contributed by atoms with Crippen LogP contribution in [0.3, 0.4) is 0 Å². The highest BCUT2D eigenvalue weighted by atomic mass is 16.5. The quantitative estimate of drug-likeness (QED) is 0.680. The summed E-state index contributed by atoms with van der Waals surface area (Å²) in [6.45, 7) is 0. The van der Waals surface area contributed by atoms with Crippen molar-refractivity contribution < 1.29 is 14.3 Å². The summed E-state index contributed by atoms with van der Waals surface area (Å²) in [5.74, 6) is 0.719. The first-order valence-electron chi connectivity index (χ1n) is 6.88. The number of para-hydroxylation sites is 1. The Kier molecular flexibility index (Phi) is 5.37. The van der Waals surface area contributed by atoms with Gasteiger partial charge < -0.3 is 14.8 Å². The standard InChI is InChI=1S/C18H16N2O3/c1-22-16-8-5-7-15(11-16)20-18(21)14(12-19)10-13-6-3-4-9-17(13)23-2/h3-11H,1-2H3,(H,20,21)/b14-10+. The number of carbonyl (C=O) groups excluding carboxylic acids is 1. The fourth-order valence-electron chi connectivity index (χ4n) is 1.99. The molecule has 0 saturated heterocycles. The Morgan fingerprint density at radius 1 is 1.13 bits per heavy atom. The molecule has 0 bridgehead atoms. The molecule has 0 atom stereocenters. The minimum atomic E-state index is -0.494. The summed E-state index contributed by atoms with van der Waals surface area (Å²) in [4.78, 5) is 12.3. The summed E-state index contributed by atoms with van der Waals surface area (Å²) in [6.07, 6.45) is 1.49. The van der Waals surface area contributed by atoms with E-state index in [4.69, 9.17) is 9.47 Å². The molecule has 0 aromatic heterocycles. The highest BCUT2D eigenvalue weighted by molar-refractivity contribution is 6.09. The van der Waals surface area contributed by atoms with Crippen molar-refractivity contribution in [2.75, 3.05) is 19.5 Å². The number of anilines is 1. The first-order chi connectivity index (χ1) is 11.2. The second-order valence-corrected chi connectivity index (χ2v) is 4.60. The van der Waals surface area contributed by atoms with Crippen LogP contribution >= 0.6 is 0 Å². The third-order valence-corrected chi connectivity index (χ3v) is 3.13. The van der Waals surface area contributed by atoms with Gasteiger partial charge in [-0.05, 0) is 24.3 Å². The lowest BCUT2D eigenvalue weighted by Gasteiger charge is -2.07. The molecule has 5 nitrogen and oxygen atoms in total. The van der Waals surface area contributed by atoms with E-state index < -0.39 is 5.91 Å². The highest BCUT2D eigenvalue weighted by Gasteiger charge is 2.11. The lowest BCUT2D eigenvalue weighted by atomic mass is 10.1. The largest absolute Gasteiger partial charge is 0.497 e. The molecular formula is C18H16N2O3.